The van der Waals surface area contributed by atoms with Crippen molar-refractivity contribution in [2.75, 3.05) is 5.75 Å². The van der Waals surface area contributed by atoms with Crippen LogP contribution in [-0.2, 0) is 6.54 Å². The van der Waals surface area contributed by atoms with Crippen LogP contribution in [0.3, 0.4) is 0 Å². The normalized spacial score (nSPS) is 13.7. The number of nitrogens with one attached hydrogen (secondary N) is 1. The van der Waals surface area contributed by atoms with Crippen molar-refractivity contribution in [2.45, 2.75) is 25.0 Å². The number of thioether (sulfide) groups is 1. The molecule has 1 rings (SSSR count). The van der Waals surface area contributed by atoms with E-state index in [9.17, 15) is 17.6 Å². The summed E-state index contributed by atoms with van der Waals surface area (Å²) in [6.45, 7) is 2.11. The monoisotopic (exact) mass is 267 g/mol. The van der Waals surface area contributed by atoms with Crippen LogP contribution in [0.4, 0.5) is 17.6 Å². The van der Waals surface area contributed by atoms with Crippen molar-refractivity contribution in [3.05, 3.63) is 35.6 Å². The first-order valence-electron chi connectivity index (χ1n) is 5.05. The molecule has 0 saturated heterocycles. The molecule has 1 aromatic carbocycles. The van der Waals surface area contributed by atoms with E-state index in [1.54, 1.807) is 19.1 Å². The zero-order valence-corrected chi connectivity index (χ0v) is 10.0. The third kappa shape index (κ3) is 6.53. The lowest BCUT2D eigenvalue weighted by Gasteiger charge is -2.14. The van der Waals surface area contributed by atoms with Crippen molar-refractivity contribution in [3.8, 4) is 0 Å². The summed E-state index contributed by atoms with van der Waals surface area (Å²) in [6.07, 6.45) is 0. The zero-order chi connectivity index (χ0) is 12.9. The first kappa shape index (κ1) is 14.3. The predicted molar refractivity (Wildman–Crippen MR) is 61.2 cm³/mol. The molecule has 0 aliphatic heterocycles. The van der Waals surface area contributed by atoms with Gasteiger partial charge in [-0.1, -0.05) is 12.1 Å². The fraction of sp³-hybridized carbons (Fsp3) is 0.455. The van der Waals surface area contributed by atoms with Crippen molar-refractivity contribution in [2.24, 2.45) is 0 Å². The van der Waals surface area contributed by atoms with Crippen molar-refractivity contribution in [1.29, 1.82) is 0 Å². The second kappa shape index (κ2) is 6.26. The van der Waals surface area contributed by atoms with E-state index in [-0.39, 0.29) is 29.4 Å². The Morgan fingerprint density at radius 2 is 1.82 bits per heavy atom. The first-order valence-corrected chi connectivity index (χ1v) is 6.04. The molecule has 0 aliphatic carbocycles. The summed E-state index contributed by atoms with van der Waals surface area (Å²) in [5.41, 5.74) is -3.35. The average Bonchev–Trinajstić information content (AvgIpc) is 2.25. The van der Waals surface area contributed by atoms with Gasteiger partial charge in [0.25, 0.3) is 0 Å². The van der Waals surface area contributed by atoms with Gasteiger partial charge in [-0.25, -0.2) is 4.39 Å². The topological polar surface area (TPSA) is 12.0 Å². The van der Waals surface area contributed by atoms with E-state index in [1.807, 2.05) is 0 Å². The lowest BCUT2D eigenvalue weighted by atomic mass is 10.2. The maximum atomic E-state index is 12.6. The minimum Gasteiger partial charge on any atom is -0.309 e. The minimum absolute atomic E-state index is 0.0370. The molecule has 0 aromatic heterocycles. The smallest absolute Gasteiger partial charge is 0.309 e. The SMILES string of the molecule is CC(CSC(F)(F)F)NCc1ccc(F)cc1. The van der Waals surface area contributed by atoms with Gasteiger partial charge in [0.15, 0.2) is 0 Å². The van der Waals surface area contributed by atoms with Gasteiger partial charge >= 0.3 is 5.51 Å². The highest BCUT2D eigenvalue weighted by Gasteiger charge is 2.28. The van der Waals surface area contributed by atoms with Gasteiger partial charge < -0.3 is 5.32 Å². The number of alkyl halides is 3. The van der Waals surface area contributed by atoms with Crippen molar-refractivity contribution < 1.29 is 17.6 Å². The fourth-order valence-electron chi connectivity index (χ4n) is 1.17. The quantitative estimate of drug-likeness (QED) is 0.819. The number of halogens is 4. The molecule has 0 fully saturated rings. The van der Waals surface area contributed by atoms with Crippen LogP contribution < -0.4 is 5.32 Å². The van der Waals surface area contributed by atoms with Crippen LogP contribution in [0.25, 0.3) is 0 Å². The highest BCUT2D eigenvalue weighted by molar-refractivity contribution is 8.00. The van der Waals surface area contributed by atoms with Gasteiger partial charge in [0.2, 0.25) is 0 Å². The van der Waals surface area contributed by atoms with Gasteiger partial charge in [-0.2, -0.15) is 13.2 Å². The Balaban J connectivity index is 2.28. The van der Waals surface area contributed by atoms with E-state index in [4.69, 9.17) is 0 Å². The van der Waals surface area contributed by atoms with Crippen molar-refractivity contribution in [3.63, 3.8) is 0 Å². The standard InChI is InChI=1S/C11H13F4NS/c1-8(7-17-11(13,14)15)16-6-9-2-4-10(12)5-3-9/h2-5,8,16H,6-7H2,1H3. The Labute approximate surface area is 102 Å². The molecular weight excluding hydrogens is 254 g/mol. The largest absolute Gasteiger partial charge is 0.441 e. The van der Waals surface area contributed by atoms with E-state index < -0.39 is 5.51 Å². The second-order valence-electron chi connectivity index (χ2n) is 3.67. The molecule has 17 heavy (non-hydrogen) atoms. The summed E-state index contributed by atoms with van der Waals surface area (Å²) in [5, 5.41) is 2.95. The third-order valence-corrected chi connectivity index (χ3v) is 3.06. The average molecular weight is 267 g/mol. The van der Waals surface area contributed by atoms with Crippen molar-refractivity contribution in [1.82, 2.24) is 5.32 Å². The molecule has 0 radical (unpaired) electrons. The summed E-state index contributed by atoms with van der Waals surface area (Å²) >= 11 is -0.0432. The number of hydrogen-bond acceptors (Lipinski definition) is 2. The van der Waals surface area contributed by atoms with E-state index in [0.29, 0.717) is 6.54 Å². The molecule has 6 heteroatoms. The number of hydrogen-bond donors (Lipinski definition) is 1. The lowest BCUT2D eigenvalue weighted by Crippen LogP contribution is -2.28. The van der Waals surface area contributed by atoms with Crippen LogP contribution in [0, 0.1) is 5.82 Å². The first-order chi connectivity index (χ1) is 7.87. The molecular formula is C11H13F4NS. The Morgan fingerprint density at radius 3 is 2.35 bits per heavy atom. The van der Waals surface area contributed by atoms with Gasteiger partial charge in [0, 0.05) is 18.3 Å². The lowest BCUT2D eigenvalue weighted by molar-refractivity contribution is -0.0328. The molecule has 0 saturated carbocycles. The predicted octanol–water partition coefficient (Wildman–Crippen LogP) is 3.56. The summed E-state index contributed by atoms with van der Waals surface area (Å²) in [5.74, 6) is -0.362. The summed E-state index contributed by atoms with van der Waals surface area (Å²) in [4.78, 5) is 0. The molecule has 1 atom stereocenters. The van der Waals surface area contributed by atoms with E-state index >= 15 is 0 Å². The zero-order valence-electron chi connectivity index (χ0n) is 9.22. The molecule has 0 aliphatic rings. The second-order valence-corrected chi connectivity index (χ2v) is 4.75. The van der Waals surface area contributed by atoms with Crippen molar-refractivity contribution >= 4 is 11.8 Å². The van der Waals surface area contributed by atoms with Crippen LogP contribution >= 0.6 is 11.8 Å². The highest BCUT2D eigenvalue weighted by atomic mass is 32.2. The van der Waals surface area contributed by atoms with E-state index in [2.05, 4.69) is 5.32 Å². The molecule has 96 valence electrons. The Bertz CT molecular complexity index is 336. The summed E-state index contributed by atoms with van der Waals surface area (Å²) in [6, 6.07) is 5.60. The molecule has 0 heterocycles. The fourth-order valence-corrected chi connectivity index (χ4v) is 1.73. The molecule has 1 aromatic rings. The number of rotatable bonds is 5. The molecule has 1 N–H and O–H groups in total. The van der Waals surface area contributed by atoms with Gasteiger partial charge in [0.05, 0.1) is 0 Å². The van der Waals surface area contributed by atoms with Gasteiger partial charge in [-0.15, -0.1) is 0 Å². The Hall–Kier alpha value is -0.750. The molecule has 1 nitrogen and oxygen atoms in total. The van der Waals surface area contributed by atoms with Gasteiger partial charge in [-0.05, 0) is 36.4 Å². The number of benzene rings is 1. The molecule has 0 spiro atoms. The highest BCUT2D eigenvalue weighted by Crippen LogP contribution is 2.30. The minimum atomic E-state index is -4.19. The van der Waals surface area contributed by atoms with Crippen LogP contribution in [0.5, 0.6) is 0 Å². The maximum Gasteiger partial charge on any atom is 0.441 e. The molecule has 0 amide bonds. The van der Waals surface area contributed by atoms with Gasteiger partial charge in [-0.3, -0.25) is 0 Å². The van der Waals surface area contributed by atoms with Gasteiger partial charge in [0.1, 0.15) is 5.82 Å². The third-order valence-electron chi connectivity index (χ3n) is 2.06. The summed E-state index contributed by atoms with van der Waals surface area (Å²) < 4.78 is 48.3. The van der Waals surface area contributed by atoms with Crippen LogP contribution in [-0.4, -0.2) is 17.3 Å². The molecule has 0 bridgehead atoms. The molecule has 1 unspecified atom stereocenters. The summed E-state index contributed by atoms with van der Waals surface area (Å²) in [7, 11) is 0. The Morgan fingerprint density at radius 1 is 1.24 bits per heavy atom. The van der Waals surface area contributed by atoms with Crippen LogP contribution in [0.2, 0.25) is 0 Å². The van der Waals surface area contributed by atoms with E-state index in [0.717, 1.165) is 5.56 Å². The van der Waals surface area contributed by atoms with Crippen LogP contribution in [0.1, 0.15) is 12.5 Å². The van der Waals surface area contributed by atoms with E-state index in [1.165, 1.54) is 12.1 Å². The maximum absolute atomic E-state index is 12.6. The Kier molecular flexibility index (Phi) is 5.27. The van der Waals surface area contributed by atoms with Crippen LogP contribution in [0.15, 0.2) is 24.3 Å².